The van der Waals surface area contributed by atoms with Crippen LogP contribution in [0.4, 0.5) is 5.69 Å². The average Bonchev–Trinajstić information content (AvgIpc) is 2.48. The van der Waals surface area contributed by atoms with Crippen molar-refractivity contribution >= 4 is 11.6 Å². The van der Waals surface area contributed by atoms with Gasteiger partial charge in [-0.15, -0.1) is 0 Å². The Morgan fingerprint density at radius 1 is 1.05 bits per heavy atom. The molecule has 1 amide bonds. The summed E-state index contributed by atoms with van der Waals surface area (Å²) >= 11 is 0. The number of benzene rings is 2. The number of nitrogens with two attached hydrogens (primary N) is 1. The molecule has 0 radical (unpaired) electrons. The highest BCUT2D eigenvalue weighted by Gasteiger charge is 1.96. The predicted molar refractivity (Wildman–Crippen MR) is 80.9 cm³/mol. The first-order valence-corrected chi connectivity index (χ1v) is 6.43. The number of rotatable bonds is 3. The van der Waals surface area contributed by atoms with E-state index in [0.29, 0.717) is 6.54 Å². The van der Waals surface area contributed by atoms with Gasteiger partial charge in [-0.25, -0.2) is 0 Å². The average molecular weight is 264 g/mol. The third kappa shape index (κ3) is 4.51. The summed E-state index contributed by atoms with van der Waals surface area (Å²) in [5.41, 5.74) is 8.32. The minimum absolute atomic E-state index is 0.260. The molecule has 0 bridgehead atoms. The number of hydrogen-bond acceptors (Lipinski definition) is 2. The highest BCUT2D eigenvalue weighted by Crippen LogP contribution is 2.05. The summed E-state index contributed by atoms with van der Waals surface area (Å²) in [5, 5.41) is 2.77. The first-order chi connectivity index (χ1) is 9.74. The molecule has 0 aliphatic carbocycles. The molecule has 2 rings (SSSR count). The van der Waals surface area contributed by atoms with Crippen LogP contribution in [0.3, 0.4) is 0 Å². The predicted octanol–water partition coefficient (Wildman–Crippen LogP) is 1.98. The van der Waals surface area contributed by atoms with Gasteiger partial charge in [-0.1, -0.05) is 36.3 Å². The number of carbonyl (C=O) groups is 1. The Bertz CT molecular complexity index is 622. The van der Waals surface area contributed by atoms with Gasteiger partial charge < -0.3 is 11.1 Å². The molecule has 0 saturated heterocycles. The fourth-order valence-electron chi connectivity index (χ4n) is 1.70. The molecule has 0 aliphatic heterocycles. The Morgan fingerprint density at radius 2 is 1.75 bits per heavy atom. The first kappa shape index (κ1) is 13.7. The Hall–Kier alpha value is -2.73. The van der Waals surface area contributed by atoms with Crippen molar-refractivity contribution in [1.29, 1.82) is 0 Å². The van der Waals surface area contributed by atoms with Crippen LogP contribution in [-0.4, -0.2) is 12.5 Å². The summed E-state index contributed by atoms with van der Waals surface area (Å²) in [4.78, 5) is 11.6. The largest absolute Gasteiger partial charge is 0.399 e. The standard InChI is InChI=1S/C17H16N2O/c18-16-9-6-15(7-10-16)12-13-19-17(20)11-8-14-4-2-1-3-5-14/h1-7,9-10H,12-13,18H2,(H,19,20). The van der Waals surface area contributed by atoms with Gasteiger partial charge in [0.25, 0.3) is 5.91 Å². The molecule has 0 saturated carbocycles. The second kappa shape index (κ2) is 7.01. The second-order valence-electron chi connectivity index (χ2n) is 4.36. The molecule has 0 unspecified atom stereocenters. The first-order valence-electron chi connectivity index (χ1n) is 6.43. The second-order valence-corrected chi connectivity index (χ2v) is 4.36. The Morgan fingerprint density at radius 3 is 2.45 bits per heavy atom. The summed E-state index contributed by atoms with van der Waals surface area (Å²) < 4.78 is 0. The van der Waals surface area contributed by atoms with Crippen molar-refractivity contribution in [3.63, 3.8) is 0 Å². The molecule has 3 N–H and O–H groups in total. The fourth-order valence-corrected chi connectivity index (χ4v) is 1.70. The summed E-state index contributed by atoms with van der Waals surface area (Å²) in [6, 6.07) is 17.1. The van der Waals surface area contributed by atoms with Crippen LogP contribution in [0.15, 0.2) is 54.6 Å². The smallest absolute Gasteiger partial charge is 0.296 e. The van der Waals surface area contributed by atoms with Gasteiger partial charge in [0.05, 0.1) is 0 Å². The Balaban J connectivity index is 1.78. The van der Waals surface area contributed by atoms with Gasteiger partial charge in [0.15, 0.2) is 0 Å². The Labute approximate surface area is 118 Å². The van der Waals surface area contributed by atoms with Crippen molar-refractivity contribution in [3.8, 4) is 11.8 Å². The summed E-state index contributed by atoms with van der Waals surface area (Å²) in [6.07, 6.45) is 0.763. The van der Waals surface area contributed by atoms with Crippen molar-refractivity contribution in [3.05, 3.63) is 65.7 Å². The van der Waals surface area contributed by atoms with Gasteiger partial charge in [0, 0.05) is 23.7 Å². The van der Waals surface area contributed by atoms with Gasteiger partial charge in [-0.05, 0) is 36.2 Å². The number of hydrogen-bond donors (Lipinski definition) is 2. The quantitative estimate of drug-likeness (QED) is 0.658. The summed E-state index contributed by atoms with van der Waals surface area (Å²) in [7, 11) is 0. The summed E-state index contributed by atoms with van der Waals surface area (Å²) in [6.45, 7) is 0.562. The molecule has 2 aromatic rings. The van der Waals surface area contributed by atoms with Crippen LogP contribution in [-0.2, 0) is 11.2 Å². The normalized spacial score (nSPS) is 9.40. The van der Waals surface area contributed by atoms with E-state index in [9.17, 15) is 4.79 Å². The van der Waals surface area contributed by atoms with Gasteiger partial charge in [-0.3, -0.25) is 4.79 Å². The number of nitrogens with one attached hydrogen (secondary N) is 1. The van der Waals surface area contributed by atoms with Crippen molar-refractivity contribution in [2.45, 2.75) is 6.42 Å². The fraction of sp³-hybridized carbons (Fsp3) is 0.118. The van der Waals surface area contributed by atoms with Crippen molar-refractivity contribution in [1.82, 2.24) is 5.32 Å². The maximum atomic E-state index is 11.6. The van der Waals surface area contributed by atoms with E-state index in [0.717, 1.165) is 23.2 Å². The van der Waals surface area contributed by atoms with Crippen LogP contribution in [0, 0.1) is 11.8 Å². The van der Waals surface area contributed by atoms with E-state index in [1.54, 1.807) is 0 Å². The number of nitrogen functional groups attached to an aromatic ring is 1. The lowest BCUT2D eigenvalue weighted by molar-refractivity contribution is -0.115. The SMILES string of the molecule is Nc1ccc(CCNC(=O)C#Cc2ccccc2)cc1. The van der Waals surface area contributed by atoms with Crippen LogP contribution in [0.25, 0.3) is 0 Å². The molecule has 0 heterocycles. The lowest BCUT2D eigenvalue weighted by atomic mass is 10.1. The highest BCUT2D eigenvalue weighted by molar-refractivity contribution is 5.94. The molecular formula is C17H16N2O. The molecular weight excluding hydrogens is 248 g/mol. The molecule has 3 nitrogen and oxygen atoms in total. The molecule has 20 heavy (non-hydrogen) atoms. The van der Waals surface area contributed by atoms with E-state index < -0.39 is 0 Å². The zero-order chi connectivity index (χ0) is 14.2. The zero-order valence-electron chi connectivity index (χ0n) is 11.1. The lowest BCUT2D eigenvalue weighted by Crippen LogP contribution is -2.23. The van der Waals surface area contributed by atoms with Gasteiger partial charge in [0.2, 0.25) is 0 Å². The number of amides is 1. The number of anilines is 1. The van der Waals surface area contributed by atoms with E-state index in [-0.39, 0.29) is 5.91 Å². The molecule has 0 spiro atoms. The van der Waals surface area contributed by atoms with Crippen molar-refractivity contribution in [2.75, 3.05) is 12.3 Å². The minimum atomic E-state index is -0.260. The van der Waals surface area contributed by atoms with Crippen molar-refractivity contribution in [2.24, 2.45) is 0 Å². The third-order valence-electron chi connectivity index (χ3n) is 2.77. The molecule has 3 heteroatoms. The summed E-state index contributed by atoms with van der Waals surface area (Å²) in [5.74, 6) is 5.14. The molecule has 0 fully saturated rings. The van der Waals surface area contributed by atoms with E-state index in [1.807, 2.05) is 54.6 Å². The van der Waals surface area contributed by atoms with E-state index in [4.69, 9.17) is 5.73 Å². The monoisotopic (exact) mass is 264 g/mol. The molecule has 2 aromatic carbocycles. The van der Waals surface area contributed by atoms with Crippen LogP contribution in [0.5, 0.6) is 0 Å². The van der Waals surface area contributed by atoms with Crippen LogP contribution >= 0.6 is 0 Å². The van der Waals surface area contributed by atoms with Gasteiger partial charge in [-0.2, -0.15) is 0 Å². The zero-order valence-corrected chi connectivity index (χ0v) is 11.1. The number of carbonyl (C=O) groups excluding carboxylic acids is 1. The van der Waals surface area contributed by atoms with E-state index >= 15 is 0 Å². The Kier molecular flexibility index (Phi) is 4.80. The van der Waals surface area contributed by atoms with Gasteiger partial charge >= 0.3 is 0 Å². The third-order valence-corrected chi connectivity index (χ3v) is 2.77. The lowest BCUT2D eigenvalue weighted by Gasteiger charge is -2.02. The van der Waals surface area contributed by atoms with Crippen LogP contribution < -0.4 is 11.1 Å². The van der Waals surface area contributed by atoms with Gasteiger partial charge in [0.1, 0.15) is 0 Å². The topological polar surface area (TPSA) is 55.1 Å². The van der Waals surface area contributed by atoms with Crippen LogP contribution in [0.1, 0.15) is 11.1 Å². The van der Waals surface area contributed by atoms with E-state index in [2.05, 4.69) is 17.2 Å². The molecule has 100 valence electrons. The maximum absolute atomic E-state index is 11.6. The minimum Gasteiger partial charge on any atom is -0.399 e. The molecule has 0 aliphatic rings. The van der Waals surface area contributed by atoms with Crippen LogP contribution in [0.2, 0.25) is 0 Å². The van der Waals surface area contributed by atoms with E-state index in [1.165, 1.54) is 0 Å². The molecule has 0 atom stereocenters. The van der Waals surface area contributed by atoms with Crippen molar-refractivity contribution < 1.29 is 4.79 Å². The highest BCUT2D eigenvalue weighted by atomic mass is 16.1. The maximum Gasteiger partial charge on any atom is 0.296 e. The molecule has 0 aromatic heterocycles.